The summed E-state index contributed by atoms with van der Waals surface area (Å²) in [5.74, 6) is -2.46. The maximum absolute atomic E-state index is 13.4. The summed E-state index contributed by atoms with van der Waals surface area (Å²) < 4.78 is 39.2. The van der Waals surface area contributed by atoms with Crippen LogP contribution in [0, 0.1) is 5.92 Å². The molecule has 0 saturated heterocycles. The van der Waals surface area contributed by atoms with Crippen LogP contribution in [0.5, 0.6) is 11.5 Å². The monoisotopic (exact) mass is 617 g/mol. The van der Waals surface area contributed by atoms with Gasteiger partial charge in [0.25, 0.3) is 15.9 Å². The van der Waals surface area contributed by atoms with Crippen LogP contribution in [0.4, 0.5) is 5.69 Å². The van der Waals surface area contributed by atoms with Crippen molar-refractivity contribution in [3.05, 3.63) is 96.1 Å². The van der Waals surface area contributed by atoms with Crippen molar-refractivity contribution in [2.75, 3.05) is 32.6 Å². The molecule has 44 heavy (non-hydrogen) atoms. The number of carbonyl (C=O) groups is 3. The molecule has 1 atom stereocenters. The molecule has 4 aromatic carbocycles. The summed E-state index contributed by atoms with van der Waals surface area (Å²) >= 11 is 0. The molecule has 0 saturated carbocycles. The molecule has 0 fully saturated rings. The predicted octanol–water partition coefficient (Wildman–Crippen LogP) is 4.64. The molecule has 0 aliphatic carbocycles. The molecule has 0 aromatic heterocycles. The first-order chi connectivity index (χ1) is 21.1. The van der Waals surface area contributed by atoms with Crippen molar-refractivity contribution in [3.63, 3.8) is 0 Å². The molecule has 11 heteroatoms. The van der Waals surface area contributed by atoms with Crippen LogP contribution in [-0.2, 0) is 26.0 Å². The molecule has 0 spiro atoms. The van der Waals surface area contributed by atoms with Crippen molar-refractivity contribution in [2.45, 2.75) is 25.2 Å². The smallest absolute Gasteiger partial charge is 0.264 e. The fraction of sp³-hybridized carbons (Fsp3) is 0.242. The van der Waals surface area contributed by atoms with E-state index >= 15 is 0 Å². The van der Waals surface area contributed by atoms with E-state index in [0.717, 1.165) is 5.39 Å². The Hall–Kier alpha value is -4.90. The molecule has 230 valence electrons. The van der Waals surface area contributed by atoms with E-state index in [2.05, 4.69) is 10.0 Å². The van der Waals surface area contributed by atoms with Gasteiger partial charge in [0.05, 0.1) is 19.1 Å². The summed E-state index contributed by atoms with van der Waals surface area (Å²) in [6, 6.07) is 23.5. The third-order valence-electron chi connectivity index (χ3n) is 7.26. The second-order valence-corrected chi connectivity index (χ2v) is 11.6. The van der Waals surface area contributed by atoms with Crippen molar-refractivity contribution in [2.24, 2.45) is 5.92 Å². The Kier molecular flexibility index (Phi) is 10.2. The number of nitrogens with one attached hydrogen (secondary N) is 2. The first-order valence-corrected chi connectivity index (χ1v) is 15.6. The zero-order valence-electron chi connectivity index (χ0n) is 25.0. The number of fused-ring (bicyclic) bond motifs is 1. The minimum atomic E-state index is -4.26. The Morgan fingerprint density at radius 3 is 2.00 bits per heavy atom. The van der Waals surface area contributed by atoms with E-state index in [0.29, 0.717) is 41.2 Å². The number of anilines is 1. The van der Waals surface area contributed by atoms with Crippen LogP contribution in [-0.4, -0.2) is 58.3 Å². The molecule has 1 unspecified atom stereocenters. The maximum Gasteiger partial charge on any atom is 0.264 e. The van der Waals surface area contributed by atoms with Gasteiger partial charge in [0.1, 0.15) is 23.0 Å². The largest absolute Gasteiger partial charge is 0.496 e. The summed E-state index contributed by atoms with van der Waals surface area (Å²) in [6.07, 6.45) is -0.0526. The molecule has 0 aliphatic rings. The average molecular weight is 618 g/mol. The lowest BCUT2D eigenvalue weighted by Gasteiger charge is -2.25. The van der Waals surface area contributed by atoms with E-state index in [1.165, 1.54) is 31.3 Å². The van der Waals surface area contributed by atoms with Crippen LogP contribution in [0.1, 0.15) is 29.8 Å². The van der Waals surface area contributed by atoms with Gasteiger partial charge in [-0.3, -0.25) is 14.4 Å². The van der Waals surface area contributed by atoms with Gasteiger partial charge >= 0.3 is 0 Å². The highest BCUT2D eigenvalue weighted by Crippen LogP contribution is 2.29. The van der Waals surface area contributed by atoms with Gasteiger partial charge in [-0.15, -0.1) is 0 Å². The van der Waals surface area contributed by atoms with E-state index in [4.69, 9.17) is 9.47 Å². The Labute approximate surface area is 257 Å². The minimum absolute atomic E-state index is 0.0526. The van der Waals surface area contributed by atoms with Crippen molar-refractivity contribution >= 4 is 44.2 Å². The highest BCUT2D eigenvalue weighted by Gasteiger charge is 2.33. The summed E-state index contributed by atoms with van der Waals surface area (Å²) in [5, 5.41) is 4.36. The third kappa shape index (κ3) is 7.17. The van der Waals surface area contributed by atoms with Gasteiger partial charge in [0.15, 0.2) is 0 Å². The number of sulfonamides is 1. The Bertz CT molecular complexity index is 1750. The number of amides is 3. The fourth-order valence-electron chi connectivity index (χ4n) is 4.87. The lowest BCUT2D eigenvalue weighted by Crippen LogP contribution is -2.46. The molecule has 3 amide bonds. The first kappa shape index (κ1) is 32.0. The van der Waals surface area contributed by atoms with Crippen molar-refractivity contribution < 1.29 is 32.3 Å². The van der Waals surface area contributed by atoms with Gasteiger partial charge in [-0.1, -0.05) is 48.5 Å². The van der Waals surface area contributed by atoms with Crippen molar-refractivity contribution in [1.82, 2.24) is 9.62 Å². The Morgan fingerprint density at radius 2 is 1.41 bits per heavy atom. The lowest BCUT2D eigenvalue weighted by atomic mass is 9.97. The lowest BCUT2D eigenvalue weighted by molar-refractivity contribution is -0.141. The molecule has 10 nitrogen and oxygen atoms in total. The molecule has 4 aromatic rings. The quantitative estimate of drug-likeness (QED) is 0.222. The van der Waals surface area contributed by atoms with E-state index in [9.17, 15) is 22.8 Å². The molecule has 0 aliphatic heterocycles. The molecule has 0 radical (unpaired) electrons. The second-order valence-electron chi connectivity index (χ2n) is 9.93. The first-order valence-electron chi connectivity index (χ1n) is 14.1. The van der Waals surface area contributed by atoms with Crippen LogP contribution < -0.4 is 19.5 Å². The fourth-order valence-corrected chi connectivity index (χ4v) is 5.93. The number of hydrogen-bond acceptors (Lipinski definition) is 7. The van der Waals surface area contributed by atoms with Gasteiger partial charge in [-0.05, 0) is 73.0 Å². The average Bonchev–Trinajstić information content (AvgIpc) is 3.03. The van der Waals surface area contributed by atoms with Crippen LogP contribution in [0.3, 0.4) is 0 Å². The number of nitrogens with zero attached hydrogens (tertiary/aromatic N) is 1. The highest BCUT2D eigenvalue weighted by atomic mass is 32.2. The van der Waals surface area contributed by atoms with Gasteiger partial charge in [0, 0.05) is 18.8 Å². The van der Waals surface area contributed by atoms with Gasteiger partial charge in [-0.2, -0.15) is 0 Å². The Morgan fingerprint density at radius 1 is 0.795 bits per heavy atom. The molecule has 0 heterocycles. The maximum atomic E-state index is 13.4. The SMILES string of the molecule is CCN(CC)C(=O)C(Cc1ccc(NC(=O)c2c(OC)cccc2OC)cc1)C(=O)NS(=O)(=O)c1ccc2ccccc2c1. The highest BCUT2D eigenvalue weighted by molar-refractivity contribution is 7.90. The van der Waals surface area contributed by atoms with Gasteiger partial charge in [-0.25, -0.2) is 13.1 Å². The van der Waals surface area contributed by atoms with Crippen LogP contribution in [0.2, 0.25) is 0 Å². The van der Waals surface area contributed by atoms with E-state index in [1.54, 1.807) is 74.5 Å². The van der Waals surface area contributed by atoms with Gasteiger partial charge < -0.3 is 19.7 Å². The van der Waals surface area contributed by atoms with E-state index in [1.807, 2.05) is 12.1 Å². The number of methoxy groups -OCH3 is 2. The number of rotatable bonds is 12. The third-order valence-corrected chi connectivity index (χ3v) is 8.61. The predicted molar refractivity (Wildman–Crippen MR) is 168 cm³/mol. The zero-order chi connectivity index (χ0) is 31.9. The summed E-state index contributed by atoms with van der Waals surface area (Å²) in [4.78, 5) is 41.3. The molecular weight excluding hydrogens is 582 g/mol. The summed E-state index contributed by atoms with van der Waals surface area (Å²) in [6.45, 7) is 4.29. The normalized spacial score (nSPS) is 11.8. The number of ether oxygens (including phenoxy) is 2. The van der Waals surface area contributed by atoms with Crippen LogP contribution >= 0.6 is 0 Å². The topological polar surface area (TPSA) is 131 Å². The van der Waals surface area contributed by atoms with E-state index in [-0.39, 0.29) is 16.9 Å². The van der Waals surface area contributed by atoms with Crippen LogP contribution in [0.15, 0.2) is 89.8 Å². The van der Waals surface area contributed by atoms with Crippen molar-refractivity contribution in [1.29, 1.82) is 0 Å². The molecule has 4 rings (SSSR count). The van der Waals surface area contributed by atoms with Gasteiger partial charge in [0.2, 0.25) is 11.8 Å². The molecule has 2 N–H and O–H groups in total. The second kappa shape index (κ2) is 14.0. The van der Waals surface area contributed by atoms with Crippen molar-refractivity contribution in [3.8, 4) is 11.5 Å². The molecular formula is C33H35N3O7S. The zero-order valence-corrected chi connectivity index (χ0v) is 25.8. The summed E-state index contributed by atoms with van der Waals surface area (Å²) in [7, 11) is -1.34. The standard InChI is InChI=1S/C33H35N3O7S/c1-5-36(6-2)33(39)27(31(37)35-44(40,41)26-19-16-23-10-7-8-11-24(23)21-26)20-22-14-17-25(18-15-22)34-32(38)30-28(42-3)12-9-13-29(30)43-4/h7-19,21,27H,5-6,20H2,1-4H3,(H,34,38)(H,35,37). The number of carbonyl (C=O) groups excluding carboxylic acids is 3. The number of hydrogen-bond donors (Lipinski definition) is 2. The minimum Gasteiger partial charge on any atom is -0.496 e. The summed E-state index contributed by atoms with van der Waals surface area (Å²) in [5.41, 5.74) is 1.29. The van der Waals surface area contributed by atoms with E-state index < -0.39 is 33.7 Å². The Balaban J connectivity index is 1.55. The van der Waals surface area contributed by atoms with Crippen LogP contribution in [0.25, 0.3) is 10.8 Å². The number of benzene rings is 4. The molecule has 0 bridgehead atoms.